The number of nitrogens with zero attached hydrogens (tertiary/aromatic N) is 2. The van der Waals surface area contributed by atoms with E-state index in [1.54, 1.807) is 0 Å². The van der Waals surface area contributed by atoms with Gasteiger partial charge in [0.25, 0.3) is 6.43 Å². The Balaban J connectivity index is 2.25. The molecule has 142 valence electrons. The maximum absolute atomic E-state index is 14.5. The number of sulfone groups is 1. The van der Waals surface area contributed by atoms with Crippen LogP contribution in [-0.4, -0.2) is 24.5 Å². The maximum atomic E-state index is 14.5. The van der Waals surface area contributed by atoms with Gasteiger partial charge in [0.2, 0.25) is 0 Å². The number of hydrogen-bond acceptors (Lipinski definition) is 3. The van der Waals surface area contributed by atoms with Crippen LogP contribution in [0.25, 0.3) is 16.9 Å². The van der Waals surface area contributed by atoms with E-state index in [2.05, 4.69) is 5.10 Å². The van der Waals surface area contributed by atoms with Crippen molar-refractivity contribution in [3.05, 3.63) is 65.6 Å². The second kappa shape index (κ2) is 6.76. The molecule has 3 aromatic rings. The van der Waals surface area contributed by atoms with E-state index in [4.69, 9.17) is 0 Å². The fraction of sp³-hybridized carbons (Fsp3) is 0.118. The summed E-state index contributed by atoms with van der Waals surface area (Å²) in [4.78, 5) is -0.856. The number of rotatable bonds is 4. The molecule has 0 saturated carbocycles. The molecule has 0 unspecified atom stereocenters. The number of aromatic nitrogens is 2. The first-order valence-electron chi connectivity index (χ1n) is 7.41. The molecule has 0 fully saturated rings. The quantitative estimate of drug-likeness (QED) is 0.612. The molecule has 0 radical (unpaired) electrons. The minimum atomic E-state index is -4.03. The van der Waals surface area contributed by atoms with E-state index in [-0.39, 0.29) is 11.4 Å². The molecule has 1 heterocycles. The largest absolute Gasteiger partial charge is 0.282 e. The van der Waals surface area contributed by atoms with Crippen molar-refractivity contribution < 1.29 is 30.4 Å². The van der Waals surface area contributed by atoms with Crippen molar-refractivity contribution in [3.8, 4) is 16.9 Å². The summed E-state index contributed by atoms with van der Waals surface area (Å²) in [6.07, 6.45) is -2.28. The van der Waals surface area contributed by atoms with Gasteiger partial charge in [-0.1, -0.05) is 0 Å². The fourth-order valence-electron chi connectivity index (χ4n) is 2.49. The van der Waals surface area contributed by atoms with Crippen LogP contribution in [0.1, 0.15) is 12.1 Å². The number of alkyl halides is 2. The molecule has 0 aliphatic heterocycles. The summed E-state index contributed by atoms with van der Waals surface area (Å²) in [6.45, 7) is 0. The molecule has 10 heteroatoms. The van der Waals surface area contributed by atoms with Gasteiger partial charge in [-0.15, -0.1) is 0 Å². The van der Waals surface area contributed by atoms with E-state index in [0.29, 0.717) is 18.4 Å². The lowest BCUT2D eigenvalue weighted by atomic mass is 10.1. The Kier molecular flexibility index (Phi) is 4.77. The van der Waals surface area contributed by atoms with Gasteiger partial charge in [0, 0.05) is 11.8 Å². The highest BCUT2D eigenvalue weighted by atomic mass is 32.2. The second-order valence-corrected chi connectivity index (χ2v) is 7.66. The Morgan fingerprint density at radius 1 is 0.963 bits per heavy atom. The summed E-state index contributed by atoms with van der Waals surface area (Å²) in [5, 5.41) is 3.66. The van der Waals surface area contributed by atoms with Crippen LogP contribution in [0.15, 0.2) is 47.4 Å². The predicted octanol–water partition coefficient (Wildman–Crippen LogP) is 4.30. The van der Waals surface area contributed by atoms with Crippen LogP contribution >= 0.6 is 0 Å². The molecule has 27 heavy (non-hydrogen) atoms. The molecule has 1 aromatic heterocycles. The van der Waals surface area contributed by atoms with Gasteiger partial charge in [-0.25, -0.2) is 35.1 Å². The molecule has 0 spiro atoms. The molecule has 0 aliphatic carbocycles. The zero-order valence-corrected chi connectivity index (χ0v) is 14.4. The minimum Gasteiger partial charge on any atom is -0.233 e. The Morgan fingerprint density at radius 2 is 1.59 bits per heavy atom. The Bertz CT molecular complexity index is 1110. The van der Waals surface area contributed by atoms with Crippen molar-refractivity contribution in [2.75, 3.05) is 6.26 Å². The smallest absolute Gasteiger partial charge is 0.233 e. The van der Waals surface area contributed by atoms with Crippen molar-refractivity contribution in [2.45, 2.75) is 11.3 Å². The van der Waals surface area contributed by atoms with Gasteiger partial charge < -0.3 is 0 Å². The average Bonchev–Trinajstić information content (AvgIpc) is 3.01. The van der Waals surface area contributed by atoms with Crippen LogP contribution < -0.4 is 0 Å². The summed E-state index contributed by atoms with van der Waals surface area (Å²) in [5.41, 5.74) is -1.29. The summed E-state index contributed by atoms with van der Waals surface area (Å²) in [5.74, 6) is -2.96. The zero-order valence-electron chi connectivity index (χ0n) is 13.6. The van der Waals surface area contributed by atoms with Crippen LogP contribution in [0, 0.1) is 17.5 Å². The van der Waals surface area contributed by atoms with E-state index >= 15 is 0 Å². The Hall–Kier alpha value is -2.75. The van der Waals surface area contributed by atoms with E-state index in [1.807, 2.05) is 0 Å². The molecule has 0 saturated heterocycles. The summed E-state index contributed by atoms with van der Waals surface area (Å²) >= 11 is 0. The number of halogens is 5. The first kappa shape index (κ1) is 19.0. The van der Waals surface area contributed by atoms with Crippen molar-refractivity contribution in [2.24, 2.45) is 0 Å². The number of hydrogen-bond donors (Lipinski definition) is 0. The van der Waals surface area contributed by atoms with Crippen LogP contribution in [0.2, 0.25) is 0 Å². The predicted molar refractivity (Wildman–Crippen MR) is 86.9 cm³/mol. The topological polar surface area (TPSA) is 52.0 Å². The van der Waals surface area contributed by atoms with E-state index in [1.165, 1.54) is 12.1 Å². The monoisotopic (exact) mass is 402 g/mol. The second-order valence-electron chi connectivity index (χ2n) is 5.68. The highest BCUT2D eigenvalue weighted by molar-refractivity contribution is 7.90. The molecule has 0 atom stereocenters. The number of benzene rings is 2. The van der Waals surface area contributed by atoms with Gasteiger partial charge in [-0.3, -0.25) is 0 Å². The van der Waals surface area contributed by atoms with Crippen molar-refractivity contribution in [1.82, 2.24) is 9.78 Å². The van der Waals surface area contributed by atoms with Gasteiger partial charge in [0.1, 0.15) is 28.0 Å². The van der Waals surface area contributed by atoms with Gasteiger partial charge in [-0.2, -0.15) is 5.10 Å². The molecule has 0 aliphatic rings. The van der Waals surface area contributed by atoms with Gasteiger partial charge in [0.15, 0.2) is 9.84 Å². The first-order chi connectivity index (χ1) is 12.6. The third-order valence-electron chi connectivity index (χ3n) is 3.72. The third-order valence-corrected chi connectivity index (χ3v) is 4.83. The lowest BCUT2D eigenvalue weighted by Gasteiger charge is -2.10. The standard InChI is InChI=1S/C17H11F5N2O2S/c1-27(25,26)16-7-12(19)11(6-13(16)20)15-8-14(17(21)22)23-24(15)10-4-2-9(18)3-5-10/h2-8,17H,1H3. The molecule has 3 rings (SSSR count). The normalized spacial score (nSPS) is 12.0. The van der Waals surface area contributed by atoms with Crippen molar-refractivity contribution in [1.29, 1.82) is 0 Å². The van der Waals surface area contributed by atoms with Gasteiger partial charge in [-0.05, 0) is 42.5 Å². The molecule has 0 amide bonds. The molecular formula is C17H11F5N2O2S. The molecular weight excluding hydrogens is 391 g/mol. The van der Waals surface area contributed by atoms with E-state index in [9.17, 15) is 30.4 Å². The van der Waals surface area contributed by atoms with Crippen LogP contribution in [-0.2, 0) is 9.84 Å². The van der Waals surface area contributed by atoms with E-state index < -0.39 is 49.9 Å². The third kappa shape index (κ3) is 3.70. The first-order valence-corrected chi connectivity index (χ1v) is 9.30. The van der Waals surface area contributed by atoms with Gasteiger partial charge >= 0.3 is 0 Å². The Labute approximate surface area is 150 Å². The van der Waals surface area contributed by atoms with Crippen LogP contribution in [0.4, 0.5) is 22.0 Å². The minimum absolute atomic E-state index is 0.130. The Morgan fingerprint density at radius 3 is 2.15 bits per heavy atom. The lowest BCUT2D eigenvalue weighted by Crippen LogP contribution is -2.05. The van der Waals surface area contributed by atoms with E-state index in [0.717, 1.165) is 22.9 Å². The molecule has 4 nitrogen and oxygen atoms in total. The lowest BCUT2D eigenvalue weighted by molar-refractivity contribution is 0.145. The van der Waals surface area contributed by atoms with Crippen LogP contribution in [0.3, 0.4) is 0 Å². The fourth-order valence-corrected chi connectivity index (χ4v) is 3.22. The summed E-state index contributed by atoms with van der Waals surface area (Å²) in [7, 11) is -4.03. The maximum Gasteiger partial charge on any atom is 0.282 e. The highest BCUT2D eigenvalue weighted by Gasteiger charge is 2.23. The van der Waals surface area contributed by atoms with Crippen LogP contribution in [0.5, 0.6) is 0 Å². The molecule has 0 bridgehead atoms. The average molecular weight is 402 g/mol. The molecule has 0 N–H and O–H groups in total. The molecule has 2 aromatic carbocycles. The highest BCUT2D eigenvalue weighted by Crippen LogP contribution is 2.32. The summed E-state index contributed by atoms with van der Waals surface area (Å²) < 4.78 is 91.9. The summed E-state index contributed by atoms with van der Waals surface area (Å²) in [6, 6.07) is 6.47. The van der Waals surface area contributed by atoms with Crippen molar-refractivity contribution >= 4 is 9.84 Å². The zero-order chi connectivity index (χ0) is 19.9. The van der Waals surface area contributed by atoms with Crippen molar-refractivity contribution in [3.63, 3.8) is 0 Å². The van der Waals surface area contributed by atoms with Gasteiger partial charge in [0.05, 0.1) is 11.4 Å². The SMILES string of the molecule is CS(=O)(=O)c1cc(F)c(-c2cc(C(F)F)nn2-c2ccc(F)cc2)cc1F.